The number of rotatable bonds is 8. The van der Waals surface area contributed by atoms with Gasteiger partial charge in [0.25, 0.3) is 17.7 Å². The van der Waals surface area contributed by atoms with Gasteiger partial charge in [0.1, 0.15) is 0 Å². The lowest BCUT2D eigenvalue weighted by Gasteiger charge is -2.14. The molecule has 4 amide bonds. The number of hydrogen-bond acceptors (Lipinski definition) is 6. The highest BCUT2D eigenvalue weighted by Crippen LogP contribution is 2.24. The van der Waals surface area contributed by atoms with Gasteiger partial charge in [0.15, 0.2) is 6.61 Å². The molecular formula is C25H27N3O6. The monoisotopic (exact) mass is 465 g/mol. The SMILES string of the molecule is Cc1cc(C)c(NC(=O)CNC(=O)COC(=O)CCN2C(=O)c3ccc(C)cc3C2=O)c(C)c1. The summed E-state index contributed by atoms with van der Waals surface area (Å²) in [5, 5.41) is 5.16. The summed E-state index contributed by atoms with van der Waals surface area (Å²) in [4.78, 5) is 61.9. The van der Waals surface area contributed by atoms with E-state index < -0.39 is 36.2 Å². The van der Waals surface area contributed by atoms with E-state index in [1.165, 1.54) is 0 Å². The minimum absolute atomic E-state index is 0.149. The number of imide groups is 1. The summed E-state index contributed by atoms with van der Waals surface area (Å²) in [6.07, 6.45) is -0.246. The van der Waals surface area contributed by atoms with E-state index in [2.05, 4.69) is 10.6 Å². The third kappa shape index (κ3) is 5.67. The molecule has 1 aliphatic heterocycles. The van der Waals surface area contributed by atoms with Crippen molar-refractivity contribution >= 4 is 35.3 Å². The highest BCUT2D eigenvalue weighted by Gasteiger charge is 2.35. The summed E-state index contributed by atoms with van der Waals surface area (Å²) < 4.78 is 4.90. The highest BCUT2D eigenvalue weighted by molar-refractivity contribution is 6.21. The zero-order valence-electron chi connectivity index (χ0n) is 19.6. The van der Waals surface area contributed by atoms with Gasteiger partial charge in [-0.25, -0.2) is 0 Å². The van der Waals surface area contributed by atoms with E-state index in [0.29, 0.717) is 16.8 Å². The molecule has 0 atom stereocenters. The molecule has 34 heavy (non-hydrogen) atoms. The van der Waals surface area contributed by atoms with Gasteiger partial charge >= 0.3 is 5.97 Å². The molecule has 0 aromatic heterocycles. The van der Waals surface area contributed by atoms with Gasteiger partial charge in [0.05, 0.1) is 24.1 Å². The van der Waals surface area contributed by atoms with Crippen LogP contribution < -0.4 is 10.6 Å². The van der Waals surface area contributed by atoms with Gasteiger partial charge < -0.3 is 15.4 Å². The molecule has 0 saturated heterocycles. The Balaban J connectivity index is 1.40. The molecule has 3 rings (SSSR count). The number of aryl methyl sites for hydroxylation is 4. The summed E-state index contributed by atoms with van der Waals surface area (Å²) >= 11 is 0. The molecule has 1 aliphatic rings. The smallest absolute Gasteiger partial charge is 0.308 e. The van der Waals surface area contributed by atoms with Crippen LogP contribution in [0.3, 0.4) is 0 Å². The van der Waals surface area contributed by atoms with Crippen molar-refractivity contribution < 1.29 is 28.7 Å². The van der Waals surface area contributed by atoms with Crippen LogP contribution in [0.5, 0.6) is 0 Å². The van der Waals surface area contributed by atoms with Crippen LogP contribution in [0, 0.1) is 27.7 Å². The molecule has 0 unspecified atom stereocenters. The van der Waals surface area contributed by atoms with Crippen molar-refractivity contribution in [1.29, 1.82) is 0 Å². The number of nitrogens with one attached hydrogen (secondary N) is 2. The maximum Gasteiger partial charge on any atom is 0.308 e. The first-order chi connectivity index (χ1) is 16.1. The largest absolute Gasteiger partial charge is 0.456 e. The zero-order valence-corrected chi connectivity index (χ0v) is 19.6. The first kappa shape index (κ1) is 24.6. The number of benzene rings is 2. The number of fused-ring (bicyclic) bond motifs is 1. The number of ether oxygens (including phenoxy) is 1. The number of esters is 1. The standard InChI is InChI=1S/C25H27N3O6/c1-14-5-6-18-19(11-14)25(33)28(24(18)32)8-7-22(31)34-13-21(30)26-12-20(29)27-23-16(3)9-15(2)10-17(23)4/h5-6,9-11H,7-8,12-13H2,1-4H3,(H,26,30)(H,27,29). The molecule has 178 valence electrons. The predicted molar refractivity (Wildman–Crippen MR) is 124 cm³/mol. The molecule has 0 aliphatic carbocycles. The van der Waals surface area contributed by atoms with Crippen molar-refractivity contribution in [1.82, 2.24) is 10.2 Å². The van der Waals surface area contributed by atoms with E-state index >= 15 is 0 Å². The lowest BCUT2D eigenvalue weighted by molar-refractivity contribution is -0.148. The van der Waals surface area contributed by atoms with Crippen LogP contribution in [0.1, 0.15) is 49.4 Å². The molecule has 2 aromatic rings. The molecule has 0 fully saturated rings. The Morgan fingerprint density at radius 2 is 1.50 bits per heavy atom. The minimum atomic E-state index is -0.738. The Morgan fingerprint density at radius 3 is 2.18 bits per heavy atom. The Hall–Kier alpha value is -4.01. The lowest BCUT2D eigenvalue weighted by Crippen LogP contribution is -2.36. The molecule has 0 spiro atoms. The maximum absolute atomic E-state index is 12.4. The summed E-state index contributed by atoms with van der Waals surface area (Å²) in [6.45, 7) is 6.55. The van der Waals surface area contributed by atoms with Gasteiger partial charge in [0, 0.05) is 12.2 Å². The van der Waals surface area contributed by atoms with Gasteiger partial charge in [-0.15, -0.1) is 0 Å². The number of anilines is 1. The van der Waals surface area contributed by atoms with Gasteiger partial charge in [-0.2, -0.15) is 0 Å². The van der Waals surface area contributed by atoms with Crippen molar-refractivity contribution in [3.05, 3.63) is 63.7 Å². The van der Waals surface area contributed by atoms with Crippen LogP contribution in [0.15, 0.2) is 30.3 Å². The summed E-state index contributed by atoms with van der Waals surface area (Å²) in [5.74, 6) is -2.71. The molecule has 9 heteroatoms. The van der Waals surface area contributed by atoms with E-state index in [1.807, 2.05) is 39.8 Å². The fourth-order valence-electron chi connectivity index (χ4n) is 3.82. The van der Waals surface area contributed by atoms with Crippen molar-refractivity contribution in [3.8, 4) is 0 Å². The third-order valence-corrected chi connectivity index (χ3v) is 5.42. The molecule has 1 heterocycles. The Kier molecular flexibility index (Phi) is 7.45. The van der Waals surface area contributed by atoms with Crippen LogP contribution in [-0.4, -0.2) is 54.2 Å². The van der Waals surface area contributed by atoms with Gasteiger partial charge in [-0.1, -0.05) is 29.3 Å². The van der Waals surface area contributed by atoms with Gasteiger partial charge in [-0.3, -0.25) is 28.9 Å². The topological polar surface area (TPSA) is 122 Å². The molecule has 0 saturated carbocycles. The summed E-state index contributed by atoms with van der Waals surface area (Å²) in [5.41, 5.74) is 5.08. The van der Waals surface area contributed by atoms with Gasteiger partial charge in [-0.05, 0) is 51.0 Å². The number of amides is 4. The lowest BCUT2D eigenvalue weighted by atomic mass is 10.1. The average Bonchev–Trinajstić information content (AvgIpc) is 3.00. The fourth-order valence-corrected chi connectivity index (χ4v) is 3.82. The van der Waals surface area contributed by atoms with E-state index in [0.717, 1.165) is 27.2 Å². The van der Waals surface area contributed by atoms with Crippen molar-refractivity contribution in [2.75, 3.05) is 25.0 Å². The summed E-state index contributed by atoms with van der Waals surface area (Å²) in [7, 11) is 0. The second-order valence-corrected chi connectivity index (χ2v) is 8.32. The normalized spacial score (nSPS) is 12.4. The second-order valence-electron chi connectivity index (χ2n) is 8.32. The van der Waals surface area contributed by atoms with Crippen LogP contribution in [-0.2, 0) is 19.1 Å². The number of hydrogen-bond donors (Lipinski definition) is 2. The third-order valence-electron chi connectivity index (χ3n) is 5.42. The quantitative estimate of drug-likeness (QED) is 0.455. The average molecular weight is 466 g/mol. The first-order valence-corrected chi connectivity index (χ1v) is 10.8. The van der Waals surface area contributed by atoms with Crippen LogP contribution in [0.4, 0.5) is 5.69 Å². The van der Waals surface area contributed by atoms with Gasteiger partial charge in [0.2, 0.25) is 5.91 Å². The molecular weight excluding hydrogens is 438 g/mol. The second kappa shape index (κ2) is 10.3. The van der Waals surface area contributed by atoms with E-state index in [-0.39, 0.29) is 19.5 Å². The number of nitrogens with zero attached hydrogens (tertiary/aromatic N) is 1. The zero-order chi connectivity index (χ0) is 25.0. The number of carbonyl (C=O) groups excluding carboxylic acids is 5. The maximum atomic E-state index is 12.4. The first-order valence-electron chi connectivity index (χ1n) is 10.8. The Labute approximate surface area is 197 Å². The van der Waals surface area contributed by atoms with E-state index in [4.69, 9.17) is 4.74 Å². The fraction of sp³-hybridized carbons (Fsp3) is 0.320. The molecule has 2 N–H and O–H groups in total. The molecule has 9 nitrogen and oxygen atoms in total. The predicted octanol–water partition coefficient (Wildman–Crippen LogP) is 2.20. The molecule has 0 bridgehead atoms. The Bertz CT molecular complexity index is 1160. The molecule has 2 aromatic carbocycles. The van der Waals surface area contributed by atoms with E-state index in [1.54, 1.807) is 18.2 Å². The van der Waals surface area contributed by atoms with Crippen LogP contribution in [0.25, 0.3) is 0 Å². The van der Waals surface area contributed by atoms with Crippen molar-refractivity contribution in [2.45, 2.75) is 34.1 Å². The van der Waals surface area contributed by atoms with E-state index in [9.17, 15) is 24.0 Å². The Morgan fingerprint density at radius 1 is 0.853 bits per heavy atom. The minimum Gasteiger partial charge on any atom is -0.456 e. The van der Waals surface area contributed by atoms with Crippen molar-refractivity contribution in [3.63, 3.8) is 0 Å². The summed E-state index contributed by atoms with van der Waals surface area (Å²) in [6, 6.07) is 8.86. The molecule has 0 radical (unpaired) electrons. The van der Waals surface area contributed by atoms with Crippen molar-refractivity contribution in [2.24, 2.45) is 0 Å². The van der Waals surface area contributed by atoms with Crippen LogP contribution >= 0.6 is 0 Å². The highest BCUT2D eigenvalue weighted by atomic mass is 16.5. The van der Waals surface area contributed by atoms with Crippen LogP contribution in [0.2, 0.25) is 0 Å². The number of carbonyl (C=O) groups is 5.